The first-order chi connectivity index (χ1) is 15.7. The third-order valence-electron chi connectivity index (χ3n) is 6.66. The van der Waals surface area contributed by atoms with Gasteiger partial charge >= 0.3 is 0 Å². The maximum absolute atomic E-state index is 12.5. The molecule has 0 aliphatic carbocycles. The summed E-state index contributed by atoms with van der Waals surface area (Å²) in [6.07, 6.45) is 6.22. The average molecular weight is 475 g/mol. The number of aliphatic hydroxyl groups excluding tert-OH is 1. The molecule has 1 aliphatic rings. The number of ketones is 1. The van der Waals surface area contributed by atoms with Gasteiger partial charge in [0.2, 0.25) is 0 Å². The summed E-state index contributed by atoms with van der Waals surface area (Å²) in [4.78, 5) is 12.5. The Kier molecular flexibility index (Phi) is 9.52. The monoisotopic (exact) mass is 474 g/mol. The highest BCUT2D eigenvalue weighted by Crippen LogP contribution is 2.39. The second-order valence-corrected chi connectivity index (χ2v) is 10.5. The fourth-order valence-electron chi connectivity index (χ4n) is 4.58. The van der Waals surface area contributed by atoms with Crippen LogP contribution in [0.25, 0.3) is 0 Å². The number of hydrogen-bond acceptors (Lipinski definition) is 6. The largest absolute Gasteiger partial charge is 0.508 e. The summed E-state index contributed by atoms with van der Waals surface area (Å²) >= 11 is 0. The van der Waals surface area contributed by atoms with Crippen molar-refractivity contribution in [3.63, 3.8) is 0 Å². The molecule has 0 spiro atoms. The predicted octanol–water partition coefficient (Wildman–Crippen LogP) is 4.95. The van der Waals surface area contributed by atoms with Gasteiger partial charge in [0.25, 0.3) is 0 Å². The van der Waals surface area contributed by atoms with E-state index >= 15 is 0 Å². The molecule has 0 aromatic heterocycles. The van der Waals surface area contributed by atoms with Gasteiger partial charge < -0.3 is 24.8 Å². The second-order valence-electron chi connectivity index (χ2n) is 10.5. The van der Waals surface area contributed by atoms with Gasteiger partial charge in [-0.3, -0.25) is 4.79 Å². The van der Waals surface area contributed by atoms with E-state index in [1.54, 1.807) is 39.2 Å². The smallest absolute Gasteiger partial charge is 0.159 e. The van der Waals surface area contributed by atoms with Crippen molar-refractivity contribution in [1.82, 2.24) is 0 Å². The fraction of sp³-hybridized carbons (Fsp3) is 0.607. The first-order valence-corrected chi connectivity index (χ1v) is 12.1. The van der Waals surface area contributed by atoms with Gasteiger partial charge in [-0.1, -0.05) is 17.2 Å². The minimum atomic E-state index is -0.989. The molecule has 3 unspecified atom stereocenters. The number of carbonyl (C=O) groups is 1. The summed E-state index contributed by atoms with van der Waals surface area (Å²) in [7, 11) is 1.61. The Morgan fingerprint density at radius 1 is 1.29 bits per heavy atom. The van der Waals surface area contributed by atoms with E-state index in [0.29, 0.717) is 25.7 Å². The zero-order valence-electron chi connectivity index (χ0n) is 21.8. The van der Waals surface area contributed by atoms with E-state index in [1.165, 1.54) is 0 Å². The molecule has 2 rings (SSSR count). The summed E-state index contributed by atoms with van der Waals surface area (Å²) in [6, 6.07) is 3.36. The minimum absolute atomic E-state index is 0.0516. The van der Waals surface area contributed by atoms with Crippen molar-refractivity contribution in [3.05, 3.63) is 46.6 Å². The molecule has 1 aliphatic heterocycles. The number of hydrogen-bond donors (Lipinski definition) is 3. The Morgan fingerprint density at radius 3 is 2.56 bits per heavy atom. The molecule has 6 heteroatoms. The molecule has 0 bridgehead atoms. The first-order valence-electron chi connectivity index (χ1n) is 12.1. The van der Waals surface area contributed by atoms with Crippen molar-refractivity contribution >= 4 is 5.78 Å². The second kappa shape index (κ2) is 11.5. The standard InChI is InChI=1S/C28H42O6/c1-18(9-8-12-28(6)24(31)17-25(34-28)27(4,5)32)13-22(29)14-19(2)10-11-21-16-23(30)15-20(3)26(21)33-7/h10,13,15-16,24-25,30-32H,8-9,11-12,14,17H2,1-7H3. The van der Waals surface area contributed by atoms with E-state index in [-0.39, 0.29) is 17.6 Å². The maximum atomic E-state index is 12.5. The molecule has 1 fully saturated rings. The highest BCUT2D eigenvalue weighted by Gasteiger charge is 2.48. The Morgan fingerprint density at radius 2 is 1.97 bits per heavy atom. The van der Waals surface area contributed by atoms with Gasteiger partial charge in [-0.2, -0.15) is 0 Å². The van der Waals surface area contributed by atoms with Gasteiger partial charge in [0.15, 0.2) is 5.78 Å². The lowest BCUT2D eigenvalue weighted by atomic mass is 9.90. The molecule has 1 heterocycles. The van der Waals surface area contributed by atoms with Gasteiger partial charge in [0.05, 0.1) is 30.5 Å². The van der Waals surface area contributed by atoms with Gasteiger partial charge in [-0.15, -0.1) is 0 Å². The third kappa shape index (κ3) is 7.69. The minimum Gasteiger partial charge on any atom is -0.508 e. The Balaban J connectivity index is 1.87. The number of aromatic hydroxyl groups is 1. The number of rotatable bonds is 11. The van der Waals surface area contributed by atoms with Crippen molar-refractivity contribution in [3.8, 4) is 11.5 Å². The van der Waals surface area contributed by atoms with Crippen LogP contribution in [-0.4, -0.2) is 51.6 Å². The van der Waals surface area contributed by atoms with Gasteiger partial charge in [0, 0.05) is 18.4 Å². The SMILES string of the molecule is COc1c(C)cc(O)cc1CC=C(C)CC(=O)C=C(C)CCCC1(C)OC(C(C)(C)O)CC1O. The molecule has 190 valence electrons. The Labute approximate surface area is 204 Å². The maximum Gasteiger partial charge on any atom is 0.159 e. The number of ether oxygens (including phenoxy) is 2. The molecule has 34 heavy (non-hydrogen) atoms. The van der Waals surface area contributed by atoms with Crippen LogP contribution in [0.4, 0.5) is 0 Å². The quantitative estimate of drug-likeness (QED) is 0.310. The Bertz CT molecular complexity index is 924. The topological polar surface area (TPSA) is 96.2 Å². The number of aryl methyl sites for hydroxylation is 1. The molecular weight excluding hydrogens is 432 g/mol. The van der Waals surface area contributed by atoms with Crippen LogP contribution in [0.2, 0.25) is 0 Å². The summed E-state index contributed by atoms with van der Waals surface area (Å²) in [5.41, 5.74) is 2.05. The van der Waals surface area contributed by atoms with Gasteiger partial charge in [0.1, 0.15) is 11.5 Å². The molecule has 3 atom stereocenters. The van der Waals surface area contributed by atoms with Crippen LogP contribution >= 0.6 is 0 Å². The number of phenolic OH excluding ortho intramolecular Hbond substituents is 1. The summed E-state index contributed by atoms with van der Waals surface area (Å²) in [5.74, 6) is 1.01. The Hall–Kier alpha value is -2.15. The van der Waals surface area contributed by atoms with E-state index in [4.69, 9.17) is 9.47 Å². The van der Waals surface area contributed by atoms with Gasteiger partial charge in [-0.05, 0) is 91.0 Å². The third-order valence-corrected chi connectivity index (χ3v) is 6.66. The van der Waals surface area contributed by atoms with Crippen molar-refractivity contribution in [2.75, 3.05) is 7.11 Å². The lowest BCUT2D eigenvalue weighted by Gasteiger charge is -2.31. The molecule has 0 radical (unpaired) electrons. The van der Waals surface area contributed by atoms with E-state index in [2.05, 4.69) is 0 Å². The van der Waals surface area contributed by atoms with Crippen LogP contribution in [0.1, 0.15) is 77.8 Å². The molecule has 1 saturated heterocycles. The normalized spacial score (nSPS) is 23.9. The number of aliphatic hydroxyl groups is 2. The predicted molar refractivity (Wildman–Crippen MR) is 134 cm³/mol. The lowest BCUT2D eigenvalue weighted by molar-refractivity contribution is -0.131. The number of allylic oxidation sites excluding steroid dienone is 4. The van der Waals surface area contributed by atoms with E-state index in [9.17, 15) is 20.1 Å². The van der Waals surface area contributed by atoms with Crippen LogP contribution in [0.15, 0.2) is 35.4 Å². The van der Waals surface area contributed by atoms with Crippen LogP contribution < -0.4 is 4.74 Å². The fourth-order valence-corrected chi connectivity index (χ4v) is 4.58. The molecule has 0 amide bonds. The van der Waals surface area contributed by atoms with E-state index < -0.39 is 17.3 Å². The zero-order valence-corrected chi connectivity index (χ0v) is 21.8. The van der Waals surface area contributed by atoms with Crippen LogP contribution in [0.5, 0.6) is 11.5 Å². The van der Waals surface area contributed by atoms with Crippen molar-refractivity contribution in [2.45, 2.75) is 103 Å². The molecule has 1 aromatic carbocycles. The average Bonchev–Trinajstić information content (AvgIpc) is 3.01. The van der Waals surface area contributed by atoms with Crippen molar-refractivity contribution < 1.29 is 29.6 Å². The number of phenols is 1. The van der Waals surface area contributed by atoms with Crippen molar-refractivity contribution in [2.24, 2.45) is 0 Å². The van der Waals surface area contributed by atoms with Crippen LogP contribution in [0, 0.1) is 6.92 Å². The highest BCUT2D eigenvalue weighted by molar-refractivity contribution is 5.91. The van der Waals surface area contributed by atoms with Gasteiger partial charge in [-0.25, -0.2) is 0 Å². The van der Waals surface area contributed by atoms with E-state index in [1.807, 2.05) is 33.8 Å². The summed E-state index contributed by atoms with van der Waals surface area (Å²) < 4.78 is 11.5. The molecule has 3 N–H and O–H groups in total. The first kappa shape index (κ1) is 28.1. The number of methoxy groups -OCH3 is 1. The number of benzene rings is 1. The summed E-state index contributed by atoms with van der Waals surface area (Å²) in [6.45, 7) is 11.1. The number of carbonyl (C=O) groups excluding carboxylic acids is 1. The molecule has 1 aromatic rings. The summed E-state index contributed by atoms with van der Waals surface area (Å²) in [5, 5.41) is 30.5. The van der Waals surface area contributed by atoms with Crippen LogP contribution in [-0.2, 0) is 16.0 Å². The highest BCUT2D eigenvalue weighted by atomic mass is 16.5. The zero-order chi connectivity index (χ0) is 25.7. The molecule has 6 nitrogen and oxygen atoms in total. The van der Waals surface area contributed by atoms with Crippen LogP contribution in [0.3, 0.4) is 0 Å². The van der Waals surface area contributed by atoms with E-state index in [0.717, 1.165) is 40.9 Å². The molecular formula is C28H42O6. The molecule has 0 saturated carbocycles. The lowest BCUT2D eigenvalue weighted by Crippen LogP contribution is -2.39. The van der Waals surface area contributed by atoms with Crippen molar-refractivity contribution in [1.29, 1.82) is 0 Å².